The van der Waals surface area contributed by atoms with Gasteiger partial charge < -0.3 is 9.88 Å². The van der Waals surface area contributed by atoms with Crippen LogP contribution in [0.4, 0.5) is 0 Å². The van der Waals surface area contributed by atoms with Crippen LogP contribution in [0, 0.1) is 11.3 Å². The van der Waals surface area contributed by atoms with E-state index in [0.717, 1.165) is 17.8 Å². The van der Waals surface area contributed by atoms with Crippen molar-refractivity contribution < 1.29 is 0 Å². The first kappa shape index (κ1) is 13.3. The number of benzene rings is 1. The molecular formula is C17H16N4. The molecule has 0 unspecified atom stereocenters. The molecule has 0 saturated heterocycles. The van der Waals surface area contributed by atoms with Gasteiger partial charge in [0.1, 0.15) is 5.65 Å². The van der Waals surface area contributed by atoms with E-state index in [1.54, 1.807) is 0 Å². The first-order valence-corrected chi connectivity index (χ1v) is 6.88. The van der Waals surface area contributed by atoms with Crippen molar-refractivity contribution in [1.29, 1.82) is 5.26 Å². The molecule has 0 fully saturated rings. The summed E-state index contributed by atoms with van der Waals surface area (Å²) in [6.07, 6.45) is 3.95. The Morgan fingerprint density at radius 2 is 2.19 bits per heavy atom. The summed E-state index contributed by atoms with van der Waals surface area (Å²) in [6, 6.07) is 13.9. The summed E-state index contributed by atoms with van der Waals surface area (Å²) in [5.41, 5.74) is 4.00. The van der Waals surface area contributed by atoms with Crippen LogP contribution in [0.3, 0.4) is 0 Å². The average Bonchev–Trinajstić information content (AvgIpc) is 2.86. The average molecular weight is 276 g/mol. The Balaban J connectivity index is 2.02. The molecule has 0 aliphatic heterocycles. The Morgan fingerprint density at radius 1 is 1.29 bits per heavy atom. The normalized spacial score (nSPS) is 10.7. The lowest BCUT2D eigenvalue weighted by Crippen LogP contribution is -2.04. The van der Waals surface area contributed by atoms with Crippen LogP contribution in [0.25, 0.3) is 11.0 Å². The van der Waals surface area contributed by atoms with E-state index < -0.39 is 0 Å². The first-order valence-electron chi connectivity index (χ1n) is 6.88. The lowest BCUT2D eigenvalue weighted by molar-refractivity contribution is 0.791. The zero-order chi connectivity index (χ0) is 14.7. The van der Waals surface area contributed by atoms with E-state index in [0.29, 0.717) is 12.1 Å². The molecule has 0 radical (unpaired) electrons. The molecule has 0 aliphatic carbocycles. The zero-order valence-corrected chi connectivity index (χ0v) is 11.9. The van der Waals surface area contributed by atoms with Gasteiger partial charge in [-0.3, -0.25) is 0 Å². The van der Waals surface area contributed by atoms with Gasteiger partial charge >= 0.3 is 0 Å². The Bertz CT molecular complexity index is 811. The third kappa shape index (κ3) is 2.64. The van der Waals surface area contributed by atoms with Gasteiger partial charge in [-0.1, -0.05) is 12.1 Å². The van der Waals surface area contributed by atoms with Crippen molar-refractivity contribution in [3.63, 3.8) is 0 Å². The lowest BCUT2D eigenvalue weighted by Gasteiger charge is -2.05. The lowest BCUT2D eigenvalue weighted by atomic mass is 10.1. The Labute approximate surface area is 123 Å². The SMILES string of the molecule is CNCc1cn(Cc2cccc(C#N)c2)c2ncccc12. The van der Waals surface area contributed by atoms with Gasteiger partial charge in [-0.05, 0) is 42.4 Å². The highest BCUT2D eigenvalue weighted by atomic mass is 15.0. The molecular weight excluding hydrogens is 260 g/mol. The van der Waals surface area contributed by atoms with Crippen LogP contribution in [-0.4, -0.2) is 16.6 Å². The number of aromatic nitrogens is 2. The third-order valence-corrected chi connectivity index (χ3v) is 3.49. The molecule has 0 spiro atoms. The maximum atomic E-state index is 9.00. The van der Waals surface area contributed by atoms with Crippen LogP contribution in [-0.2, 0) is 13.1 Å². The fourth-order valence-corrected chi connectivity index (χ4v) is 2.58. The highest BCUT2D eigenvalue weighted by molar-refractivity contribution is 5.80. The number of rotatable bonds is 4. The van der Waals surface area contributed by atoms with E-state index in [1.165, 1.54) is 10.9 Å². The molecule has 0 saturated carbocycles. The van der Waals surface area contributed by atoms with E-state index in [-0.39, 0.29) is 0 Å². The largest absolute Gasteiger partial charge is 0.328 e. The number of fused-ring (bicyclic) bond motifs is 1. The van der Waals surface area contributed by atoms with E-state index in [1.807, 2.05) is 43.6 Å². The van der Waals surface area contributed by atoms with E-state index in [4.69, 9.17) is 5.26 Å². The number of nitrogens with zero attached hydrogens (tertiary/aromatic N) is 3. The Hall–Kier alpha value is -2.64. The summed E-state index contributed by atoms with van der Waals surface area (Å²) >= 11 is 0. The molecule has 104 valence electrons. The van der Waals surface area contributed by atoms with Crippen LogP contribution in [0.5, 0.6) is 0 Å². The van der Waals surface area contributed by atoms with Crippen LogP contribution < -0.4 is 5.32 Å². The van der Waals surface area contributed by atoms with Gasteiger partial charge in [-0.2, -0.15) is 5.26 Å². The molecule has 0 amide bonds. The van der Waals surface area contributed by atoms with Crippen molar-refractivity contribution in [3.8, 4) is 6.07 Å². The van der Waals surface area contributed by atoms with Crippen LogP contribution in [0.15, 0.2) is 48.8 Å². The summed E-state index contributed by atoms with van der Waals surface area (Å²) in [5, 5.41) is 13.4. The molecule has 4 nitrogen and oxygen atoms in total. The number of nitriles is 1. The molecule has 0 atom stereocenters. The summed E-state index contributed by atoms with van der Waals surface area (Å²) in [6.45, 7) is 1.53. The van der Waals surface area contributed by atoms with Crippen molar-refractivity contribution in [3.05, 3.63) is 65.5 Å². The summed E-state index contributed by atoms with van der Waals surface area (Å²) in [5.74, 6) is 0. The summed E-state index contributed by atoms with van der Waals surface area (Å²) in [7, 11) is 1.94. The monoisotopic (exact) mass is 276 g/mol. The molecule has 2 aromatic heterocycles. The topological polar surface area (TPSA) is 53.6 Å². The smallest absolute Gasteiger partial charge is 0.140 e. The van der Waals surface area contributed by atoms with Gasteiger partial charge in [0, 0.05) is 30.9 Å². The third-order valence-electron chi connectivity index (χ3n) is 3.49. The minimum Gasteiger partial charge on any atom is -0.328 e. The minimum absolute atomic E-state index is 0.687. The first-order chi connectivity index (χ1) is 10.3. The zero-order valence-electron chi connectivity index (χ0n) is 11.9. The Morgan fingerprint density at radius 3 is 3.00 bits per heavy atom. The van der Waals surface area contributed by atoms with Gasteiger partial charge in [0.15, 0.2) is 0 Å². The molecule has 21 heavy (non-hydrogen) atoms. The number of hydrogen-bond acceptors (Lipinski definition) is 3. The van der Waals surface area contributed by atoms with Crippen LogP contribution in [0.1, 0.15) is 16.7 Å². The predicted octanol–water partition coefficient (Wildman–Crippen LogP) is 2.68. The van der Waals surface area contributed by atoms with Crippen molar-refractivity contribution in [1.82, 2.24) is 14.9 Å². The predicted molar refractivity (Wildman–Crippen MR) is 82.8 cm³/mol. The maximum Gasteiger partial charge on any atom is 0.140 e. The molecule has 4 heteroatoms. The highest BCUT2D eigenvalue weighted by Gasteiger charge is 2.09. The molecule has 0 aliphatic rings. The van der Waals surface area contributed by atoms with E-state index in [2.05, 4.69) is 33.2 Å². The van der Waals surface area contributed by atoms with E-state index in [9.17, 15) is 0 Å². The Kier molecular flexibility index (Phi) is 3.67. The van der Waals surface area contributed by atoms with Gasteiger partial charge in [0.2, 0.25) is 0 Å². The van der Waals surface area contributed by atoms with Crippen molar-refractivity contribution in [2.24, 2.45) is 0 Å². The minimum atomic E-state index is 0.687. The molecule has 3 aromatic rings. The van der Waals surface area contributed by atoms with Crippen LogP contribution in [0.2, 0.25) is 0 Å². The second-order valence-corrected chi connectivity index (χ2v) is 5.00. The fraction of sp³-hybridized carbons (Fsp3) is 0.176. The second kappa shape index (κ2) is 5.78. The molecule has 2 heterocycles. The fourth-order valence-electron chi connectivity index (χ4n) is 2.58. The summed E-state index contributed by atoms with van der Waals surface area (Å²) < 4.78 is 2.14. The number of hydrogen-bond donors (Lipinski definition) is 1. The highest BCUT2D eigenvalue weighted by Crippen LogP contribution is 2.20. The van der Waals surface area contributed by atoms with Gasteiger partial charge in [-0.25, -0.2) is 4.98 Å². The van der Waals surface area contributed by atoms with Crippen LogP contribution >= 0.6 is 0 Å². The van der Waals surface area contributed by atoms with Crippen molar-refractivity contribution in [2.45, 2.75) is 13.1 Å². The van der Waals surface area contributed by atoms with Gasteiger partial charge in [0.25, 0.3) is 0 Å². The molecule has 0 bridgehead atoms. The molecule has 1 aromatic carbocycles. The molecule has 1 N–H and O–H groups in total. The quantitative estimate of drug-likeness (QED) is 0.797. The van der Waals surface area contributed by atoms with Crippen molar-refractivity contribution in [2.75, 3.05) is 7.05 Å². The second-order valence-electron chi connectivity index (χ2n) is 5.00. The number of pyridine rings is 1. The molecule has 3 rings (SSSR count). The van der Waals surface area contributed by atoms with Gasteiger partial charge in [-0.15, -0.1) is 0 Å². The number of nitrogens with one attached hydrogen (secondary N) is 1. The summed E-state index contributed by atoms with van der Waals surface area (Å²) in [4.78, 5) is 4.49. The van der Waals surface area contributed by atoms with E-state index >= 15 is 0 Å². The van der Waals surface area contributed by atoms with Gasteiger partial charge in [0.05, 0.1) is 11.6 Å². The van der Waals surface area contributed by atoms with Crippen molar-refractivity contribution >= 4 is 11.0 Å². The standard InChI is InChI=1S/C17H16N4/c1-19-10-15-12-21(17-16(15)6-3-7-20-17)11-14-5-2-4-13(8-14)9-18/h2-8,12,19H,10-11H2,1H3. The maximum absolute atomic E-state index is 9.00.